The monoisotopic (exact) mass is 281 g/mol. The standard InChI is InChI=1S/C10H12BrN5/c1-5-4-6(2)14-10(13-5)16-9(12)8(11)7(3)15-16/h4H,12H2,1-3H3. The molecule has 0 aliphatic carbocycles. The van der Waals surface area contributed by atoms with Gasteiger partial charge in [0.05, 0.1) is 10.2 Å². The largest absolute Gasteiger partial charge is 0.383 e. The summed E-state index contributed by atoms with van der Waals surface area (Å²) in [7, 11) is 0. The minimum atomic E-state index is 0.504. The molecule has 0 atom stereocenters. The van der Waals surface area contributed by atoms with Crippen LogP contribution in [0.3, 0.4) is 0 Å². The number of hydrogen-bond acceptors (Lipinski definition) is 4. The molecular weight excluding hydrogens is 270 g/mol. The van der Waals surface area contributed by atoms with Crippen molar-refractivity contribution < 1.29 is 0 Å². The summed E-state index contributed by atoms with van der Waals surface area (Å²) in [6.45, 7) is 5.71. The molecule has 0 amide bonds. The molecule has 2 aromatic heterocycles. The van der Waals surface area contributed by atoms with Gasteiger partial charge in [-0.2, -0.15) is 9.78 Å². The molecule has 84 valence electrons. The van der Waals surface area contributed by atoms with Crippen molar-refractivity contribution in [3.05, 3.63) is 27.6 Å². The lowest BCUT2D eigenvalue weighted by molar-refractivity contribution is 0.792. The van der Waals surface area contributed by atoms with E-state index in [9.17, 15) is 0 Å². The smallest absolute Gasteiger partial charge is 0.252 e. The Hall–Kier alpha value is -1.43. The van der Waals surface area contributed by atoms with Gasteiger partial charge in [0.1, 0.15) is 5.82 Å². The van der Waals surface area contributed by atoms with Crippen molar-refractivity contribution in [2.45, 2.75) is 20.8 Å². The molecule has 6 heteroatoms. The lowest BCUT2D eigenvalue weighted by atomic mass is 10.4. The number of hydrogen-bond donors (Lipinski definition) is 1. The summed E-state index contributed by atoms with van der Waals surface area (Å²) in [5.41, 5.74) is 8.52. The van der Waals surface area contributed by atoms with Crippen molar-refractivity contribution in [2.75, 3.05) is 5.73 Å². The molecular formula is C10H12BrN5. The van der Waals surface area contributed by atoms with Gasteiger partial charge in [0.2, 0.25) is 0 Å². The fraction of sp³-hybridized carbons (Fsp3) is 0.300. The van der Waals surface area contributed by atoms with Gasteiger partial charge in [-0.15, -0.1) is 0 Å². The Morgan fingerprint density at radius 2 is 1.75 bits per heavy atom. The van der Waals surface area contributed by atoms with E-state index in [1.807, 2.05) is 26.8 Å². The van der Waals surface area contributed by atoms with E-state index < -0.39 is 0 Å². The maximum absolute atomic E-state index is 5.91. The van der Waals surface area contributed by atoms with Crippen molar-refractivity contribution >= 4 is 21.7 Å². The number of aromatic nitrogens is 4. The van der Waals surface area contributed by atoms with Gasteiger partial charge in [-0.25, -0.2) is 9.97 Å². The minimum absolute atomic E-state index is 0.504. The van der Waals surface area contributed by atoms with Gasteiger partial charge >= 0.3 is 0 Å². The highest BCUT2D eigenvalue weighted by molar-refractivity contribution is 9.10. The zero-order valence-electron chi connectivity index (χ0n) is 9.32. The summed E-state index contributed by atoms with van der Waals surface area (Å²) >= 11 is 3.37. The molecule has 2 heterocycles. The second kappa shape index (κ2) is 3.86. The molecule has 0 aromatic carbocycles. The molecule has 2 aromatic rings. The molecule has 2 rings (SSSR count). The van der Waals surface area contributed by atoms with Crippen LogP contribution in [-0.4, -0.2) is 19.7 Å². The maximum Gasteiger partial charge on any atom is 0.252 e. The van der Waals surface area contributed by atoms with Crippen LogP contribution in [0.4, 0.5) is 5.82 Å². The van der Waals surface area contributed by atoms with Gasteiger partial charge in [-0.05, 0) is 42.8 Å². The average molecular weight is 282 g/mol. The van der Waals surface area contributed by atoms with Crippen molar-refractivity contribution in [1.82, 2.24) is 19.7 Å². The highest BCUT2D eigenvalue weighted by Gasteiger charge is 2.13. The number of nitrogens with zero attached hydrogens (tertiary/aromatic N) is 4. The molecule has 0 unspecified atom stereocenters. The first kappa shape index (κ1) is 11.1. The van der Waals surface area contributed by atoms with Crippen LogP contribution < -0.4 is 5.73 Å². The van der Waals surface area contributed by atoms with Crippen LogP contribution in [0.2, 0.25) is 0 Å². The van der Waals surface area contributed by atoms with Gasteiger partial charge in [0.25, 0.3) is 5.95 Å². The van der Waals surface area contributed by atoms with Gasteiger partial charge in [-0.3, -0.25) is 0 Å². The van der Waals surface area contributed by atoms with E-state index in [0.29, 0.717) is 11.8 Å². The molecule has 0 saturated carbocycles. The van der Waals surface area contributed by atoms with Gasteiger partial charge in [0.15, 0.2) is 0 Å². The first-order chi connectivity index (χ1) is 7.49. The van der Waals surface area contributed by atoms with E-state index in [0.717, 1.165) is 21.6 Å². The number of rotatable bonds is 1. The fourth-order valence-electron chi connectivity index (χ4n) is 1.48. The van der Waals surface area contributed by atoms with Crippen molar-refractivity contribution in [1.29, 1.82) is 0 Å². The number of aryl methyl sites for hydroxylation is 3. The molecule has 0 aliphatic rings. The fourth-order valence-corrected chi connectivity index (χ4v) is 1.73. The summed E-state index contributed by atoms with van der Waals surface area (Å²) < 4.78 is 2.33. The summed E-state index contributed by atoms with van der Waals surface area (Å²) in [4.78, 5) is 8.62. The topological polar surface area (TPSA) is 69.6 Å². The number of nitrogens with two attached hydrogens (primary N) is 1. The van der Waals surface area contributed by atoms with E-state index in [2.05, 4.69) is 31.0 Å². The first-order valence-electron chi connectivity index (χ1n) is 4.82. The molecule has 0 radical (unpaired) electrons. The van der Waals surface area contributed by atoms with Crippen LogP contribution >= 0.6 is 15.9 Å². The average Bonchev–Trinajstić information content (AvgIpc) is 2.44. The molecule has 0 saturated heterocycles. The molecule has 16 heavy (non-hydrogen) atoms. The second-order valence-electron chi connectivity index (χ2n) is 3.65. The number of anilines is 1. The predicted octanol–water partition coefficient (Wildman–Crippen LogP) is 1.93. The molecule has 5 nitrogen and oxygen atoms in total. The third-order valence-corrected chi connectivity index (χ3v) is 3.16. The zero-order valence-corrected chi connectivity index (χ0v) is 10.9. The SMILES string of the molecule is Cc1cc(C)nc(-n2nc(C)c(Br)c2N)n1. The first-order valence-corrected chi connectivity index (χ1v) is 5.61. The molecule has 0 spiro atoms. The van der Waals surface area contributed by atoms with E-state index in [1.54, 1.807) is 4.68 Å². The molecule has 0 bridgehead atoms. The Kier molecular flexibility index (Phi) is 2.67. The maximum atomic E-state index is 5.91. The van der Waals surface area contributed by atoms with Crippen LogP contribution in [0.25, 0.3) is 5.95 Å². The van der Waals surface area contributed by atoms with Crippen molar-refractivity contribution in [2.24, 2.45) is 0 Å². The highest BCUT2D eigenvalue weighted by atomic mass is 79.9. The summed E-state index contributed by atoms with van der Waals surface area (Å²) in [5, 5.41) is 4.28. The van der Waals surface area contributed by atoms with Crippen LogP contribution in [0.5, 0.6) is 0 Å². The number of halogens is 1. The van der Waals surface area contributed by atoms with E-state index in [1.165, 1.54) is 0 Å². The van der Waals surface area contributed by atoms with Crippen molar-refractivity contribution in [3.63, 3.8) is 0 Å². The van der Waals surface area contributed by atoms with Crippen molar-refractivity contribution in [3.8, 4) is 5.95 Å². The third kappa shape index (κ3) is 1.80. The number of nitrogen functional groups attached to an aromatic ring is 1. The highest BCUT2D eigenvalue weighted by Crippen LogP contribution is 2.24. The Labute approximate surface area is 102 Å². The van der Waals surface area contributed by atoms with Crippen LogP contribution in [0, 0.1) is 20.8 Å². The second-order valence-corrected chi connectivity index (χ2v) is 4.44. The Balaban J connectivity index is 2.62. The summed E-state index contributed by atoms with van der Waals surface area (Å²) in [5.74, 6) is 1.02. The molecule has 0 fully saturated rings. The molecule has 0 aliphatic heterocycles. The summed E-state index contributed by atoms with van der Waals surface area (Å²) in [6.07, 6.45) is 0. The van der Waals surface area contributed by atoms with Gasteiger partial charge in [-0.1, -0.05) is 0 Å². The Bertz CT molecular complexity index is 526. The van der Waals surface area contributed by atoms with E-state index in [-0.39, 0.29) is 0 Å². The normalized spacial score (nSPS) is 10.8. The quantitative estimate of drug-likeness (QED) is 0.867. The lowest BCUT2D eigenvalue weighted by Crippen LogP contribution is -2.08. The van der Waals surface area contributed by atoms with Crippen LogP contribution in [-0.2, 0) is 0 Å². The van der Waals surface area contributed by atoms with Crippen LogP contribution in [0.15, 0.2) is 10.5 Å². The predicted molar refractivity (Wildman–Crippen MR) is 65.5 cm³/mol. The molecule has 2 N–H and O–H groups in total. The van der Waals surface area contributed by atoms with Gasteiger partial charge in [0, 0.05) is 11.4 Å². The van der Waals surface area contributed by atoms with Gasteiger partial charge < -0.3 is 5.73 Å². The van der Waals surface area contributed by atoms with E-state index in [4.69, 9.17) is 5.73 Å². The minimum Gasteiger partial charge on any atom is -0.383 e. The van der Waals surface area contributed by atoms with Crippen LogP contribution in [0.1, 0.15) is 17.1 Å². The Morgan fingerprint density at radius 1 is 1.19 bits per heavy atom. The summed E-state index contributed by atoms with van der Waals surface area (Å²) in [6, 6.07) is 1.91. The van der Waals surface area contributed by atoms with E-state index >= 15 is 0 Å². The zero-order chi connectivity index (χ0) is 11.9. The Morgan fingerprint density at radius 3 is 2.19 bits per heavy atom. The third-order valence-electron chi connectivity index (χ3n) is 2.18. The lowest BCUT2D eigenvalue weighted by Gasteiger charge is -2.04.